The quantitative estimate of drug-likeness (QED) is 0.517. The molecule has 3 amide bonds. The van der Waals surface area contributed by atoms with E-state index in [0.29, 0.717) is 27.1 Å². The molecule has 2 aromatic carbocycles. The monoisotopic (exact) mass is 433 g/mol. The van der Waals surface area contributed by atoms with Gasteiger partial charge in [0, 0.05) is 24.3 Å². The van der Waals surface area contributed by atoms with Crippen LogP contribution < -0.4 is 16.0 Å². The summed E-state index contributed by atoms with van der Waals surface area (Å²) in [5.41, 5.74) is 1.69. The molecular weight excluding hydrogens is 417 g/mol. The third-order valence-electron chi connectivity index (χ3n) is 3.85. The molecule has 0 saturated heterocycles. The van der Waals surface area contributed by atoms with Gasteiger partial charge in [-0.05, 0) is 53.7 Å². The Balaban J connectivity index is 1.46. The van der Waals surface area contributed by atoms with Crippen molar-refractivity contribution in [1.29, 1.82) is 0 Å². The average Bonchev–Trinajstić information content (AvgIpc) is 3.13. The number of amides is 3. The number of urea groups is 1. The van der Waals surface area contributed by atoms with E-state index in [9.17, 15) is 9.59 Å². The summed E-state index contributed by atoms with van der Waals surface area (Å²) in [5, 5.41) is 20.1. The minimum absolute atomic E-state index is 0.241. The van der Waals surface area contributed by atoms with Crippen molar-refractivity contribution >= 4 is 40.8 Å². The zero-order valence-electron chi connectivity index (χ0n) is 15.3. The Hall–Kier alpha value is -3.17. The first-order chi connectivity index (χ1) is 13.9. The van der Waals surface area contributed by atoms with Crippen molar-refractivity contribution in [3.05, 3.63) is 63.9 Å². The lowest BCUT2D eigenvalue weighted by Crippen LogP contribution is -2.36. The maximum absolute atomic E-state index is 12.1. The van der Waals surface area contributed by atoms with Gasteiger partial charge in [0.2, 0.25) is 0 Å². The molecular formula is C18H17Cl2N7O2. The van der Waals surface area contributed by atoms with E-state index in [0.717, 1.165) is 5.69 Å². The number of nitrogens with one attached hydrogen (secondary N) is 3. The van der Waals surface area contributed by atoms with Gasteiger partial charge in [-0.1, -0.05) is 29.3 Å². The van der Waals surface area contributed by atoms with Crippen LogP contribution in [0.1, 0.15) is 16.2 Å². The van der Waals surface area contributed by atoms with Gasteiger partial charge in [-0.2, -0.15) is 4.68 Å². The van der Waals surface area contributed by atoms with Crippen molar-refractivity contribution in [2.75, 3.05) is 18.4 Å². The maximum atomic E-state index is 12.1. The molecule has 0 aliphatic carbocycles. The normalized spacial score (nSPS) is 10.4. The summed E-state index contributed by atoms with van der Waals surface area (Å²) in [6.07, 6.45) is 0. The molecule has 0 radical (unpaired) electrons. The molecule has 9 nitrogen and oxygen atoms in total. The number of aromatic nitrogens is 4. The van der Waals surface area contributed by atoms with Gasteiger partial charge in [-0.3, -0.25) is 4.79 Å². The first-order valence-electron chi connectivity index (χ1n) is 8.57. The first-order valence-corrected chi connectivity index (χ1v) is 9.33. The van der Waals surface area contributed by atoms with Crippen molar-refractivity contribution in [2.45, 2.75) is 6.92 Å². The molecule has 150 valence electrons. The zero-order valence-corrected chi connectivity index (χ0v) is 16.8. The van der Waals surface area contributed by atoms with E-state index in [4.69, 9.17) is 23.2 Å². The molecule has 1 aromatic heterocycles. The van der Waals surface area contributed by atoms with Crippen molar-refractivity contribution in [3.8, 4) is 5.69 Å². The highest BCUT2D eigenvalue weighted by Gasteiger charge is 2.09. The molecule has 0 aliphatic rings. The molecule has 0 spiro atoms. The lowest BCUT2D eigenvalue weighted by atomic mass is 10.2. The zero-order chi connectivity index (χ0) is 20.8. The van der Waals surface area contributed by atoms with Crippen LogP contribution >= 0.6 is 23.2 Å². The van der Waals surface area contributed by atoms with Crippen LogP contribution in [-0.2, 0) is 0 Å². The minimum Gasteiger partial charge on any atom is -0.350 e. The first kappa shape index (κ1) is 20.6. The highest BCUT2D eigenvalue weighted by atomic mass is 35.5. The molecule has 3 N–H and O–H groups in total. The fourth-order valence-corrected chi connectivity index (χ4v) is 2.75. The molecule has 3 rings (SSSR count). The Labute approximate surface area is 176 Å². The number of benzene rings is 2. The lowest BCUT2D eigenvalue weighted by molar-refractivity contribution is 0.0954. The Bertz CT molecular complexity index is 1040. The topological polar surface area (TPSA) is 114 Å². The number of rotatable bonds is 6. The molecule has 0 fully saturated rings. The number of anilines is 1. The van der Waals surface area contributed by atoms with E-state index in [1.807, 2.05) is 6.07 Å². The molecule has 0 bridgehead atoms. The highest BCUT2D eigenvalue weighted by molar-refractivity contribution is 6.42. The van der Waals surface area contributed by atoms with Gasteiger partial charge in [-0.25, -0.2) is 4.79 Å². The molecule has 0 aliphatic heterocycles. The summed E-state index contributed by atoms with van der Waals surface area (Å²) >= 11 is 11.7. The predicted molar refractivity (Wildman–Crippen MR) is 110 cm³/mol. The van der Waals surface area contributed by atoms with Crippen LogP contribution in [0.15, 0.2) is 42.5 Å². The van der Waals surface area contributed by atoms with E-state index in [1.165, 1.54) is 6.07 Å². The van der Waals surface area contributed by atoms with Crippen LogP contribution in [0.25, 0.3) is 5.69 Å². The standard InChI is InChI=1S/C18H17Cl2N7O2/c1-11-24-25-26-27(11)14-4-2-3-13(10-14)23-18(29)22-8-7-21-17(28)12-5-6-15(19)16(20)9-12/h2-6,9-10H,7-8H2,1H3,(H,21,28)(H2,22,23,29). The summed E-state index contributed by atoms with van der Waals surface area (Å²) < 4.78 is 1.56. The van der Waals surface area contributed by atoms with Gasteiger partial charge in [0.1, 0.15) is 0 Å². The van der Waals surface area contributed by atoms with Crippen LogP contribution in [0.5, 0.6) is 0 Å². The second-order valence-electron chi connectivity index (χ2n) is 5.95. The fraction of sp³-hybridized carbons (Fsp3) is 0.167. The van der Waals surface area contributed by atoms with Crippen LogP contribution in [0.3, 0.4) is 0 Å². The van der Waals surface area contributed by atoms with Crippen LogP contribution in [0, 0.1) is 6.92 Å². The number of hydrogen-bond acceptors (Lipinski definition) is 5. The van der Waals surface area contributed by atoms with E-state index in [-0.39, 0.29) is 19.0 Å². The molecule has 0 saturated carbocycles. The number of nitrogens with zero attached hydrogens (tertiary/aromatic N) is 4. The predicted octanol–water partition coefficient (Wildman–Crippen LogP) is 2.83. The highest BCUT2D eigenvalue weighted by Crippen LogP contribution is 2.22. The summed E-state index contributed by atoms with van der Waals surface area (Å²) in [5.74, 6) is 0.319. The summed E-state index contributed by atoms with van der Waals surface area (Å²) in [6.45, 7) is 2.26. The SMILES string of the molecule is Cc1nnnn1-c1cccc(NC(=O)NCCNC(=O)c2ccc(Cl)c(Cl)c2)c1. The second-order valence-corrected chi connectivity index (χ2v) is 6.77. The van der Waals surface area contributed by atoms with E-state index in [1.54, 1.807) is 41.9 Å². The van der Waals surface area contributed by atoms with Crippen LogP contribution in [0.2, 0.25) is 10.0 Å². The van der Waals surface area contributed by atoms with Crippen molar-refractivity contribution in [2.24, 2.45) is 0 Å². The fourth-order valence-electron chi connectivity index (χ4n) is 2.45. The van der Waals surface area contributed by atoms with Crippen LogP contribution in [0.4, 0.5) is 10.5 Å². The van der Waals surface area contributed by atoms with Gasteiger partial charge in [0.25, 0.3) is 5.91 Å². The number of tetrazole rings is 1. The van der Waals surface area contributed by atoms with Gasteiger partial charge in [0.15, 0.2) is 5.82 Å². The average molecular weight is 434 g/mol. The smallest absolute Gasteiger partial charge is 0.319 e. The molecule has 0 atom stereocenters. The largest absolute Gasteiger partial charge is 0.350 e. The Morgan fingerprint density at radius 1 is 1.03 bits per heavy atom. The number of aryl methyl sites for hydroxylation is 1. The van der Waals surface area contributed by atoms with E-state index >= 15 is 0 Å². The number of halogens is 2. The Kier molecular flexibility index (Phi) is 6.63. The lowest BCUT2D eigenvalue weighted by Gasteiger charge is -2.10. The summed E-state index contributed by atoms with van der Waals surface area (Å²) in [4.78, 5) is 24.1. The number of carbonyl (C=O) groups excluding carboxylic acids is 2. The Morgan fingerprint density at radius 3 is 2.55 bits per heavy atom. The summed E-state index contributed by atoms with van der Waals surface area (Å²) in [7, 11) is 0. The van der Waals surface area contributed by atoms with Crippen molar-refractivity contribution in [1.82, 2.24) is 30.8 Å². The molecule has 29 heavy (non-hydrogen) atoms. The van der Waals surface area contributed by atoms with Gasteiger partial charge >= 0.3 is 6.03 Å². The van der Waals surface area contributed by atoms with E-state index in [2.05, 4.69) is 31.5 Å². The molecule has 3 aromatic rings. The van der Waals surface area contributed by atoms with Gasteiger partial charge < -0.3 is 16.0 Å². The van der Waals surface area contributed by atoms with Gasteiger partial charge in [0.05, 0.1) is 15.7 Å². The number of carbonyl (C=O) groups is 2. The van der Waals surface area contributed by atoms with Crippen molar-refractivity contribution in [3.63, 3.8) is 0 Å². The molecule has 0 unspecified atom stereocenters. The van der Waals surface area contributed by atoms with Crippen LogP contribution in [-0.4, -0.2) is 45.2 Å². The minimum atomic E-state index is -0.403. The third-order valence-corrected chi connectivity index (χ3v) is 4.59. The maximum Gasteiger partial charge on any atom is 0.319 e. The molecule has 1 heterocycles. The Morgan fingerprint density at radius 2 is 1.83 bits per heavy atom. The van der Waals surface area contributed by atoms with Gasteiger partial charge in [-0.15, -0.1) is 5.10 Å². The number of hydrogen-bond donors (Lipinski definition) is 3. The third kappa shape index (κ3) is 5.43. The van der Waals surface area contributed by atoms with Crippen molar-refractivity contribution < 1.29 is 9.59 Å². The summed E-state index contributed by atoms with van der Waals surface area (Å²) in [6, 6.07) is 11.3. The van der Waals surface area contributed by atoms with E-state index < -0.39 is 6.03 Å². The second kappa shape index (κ2) is 9.35. The molecule has 11 heteroatoms.